The second kappa shape index (κ2) is 8.21. The standard InChI is InChI=1S/C21H31N3O2/c1-17(2)8-10-21(16-25)9-6-14-24(15-21)19-18(7-5-11-22-19)20(26)23-12-3-4-13-23/h5,7-8,11,25H,3-4,6,9-10,12-16H2,1-2H3/t21-/m0/s1. The summed E-state index contributed by atoms with van der Waals surface area (Å²) < 4.78 is 0. The van der Waals surface area contributed by atoms with E-state index in [2.05, 4.69) is 29.8 Å². The van der Waals surface area contributed by atoms with Gasteiger partial charge in [0.25, 0.3) is 5.91 Å². The minimum absolute atomic E-state index is 0.0927. The van der Waals surface area contributed by atoms with Gasteiger partial charge < -0.3 is 14.9 Å². The maximum Gasteiger partial charge on any atom is 0.257 e. The maximum atomic E-state index is 13.0. The van der Waals surface area contributed by atoms with Crippen LogP contribution >= 0.6 is 0 Å². The van der Waals surface area contributed by atoms with Crippen molar-refractivity contribution < 1.29 is 9.90 Å². The zero-order chi connectivity index (χ0) is 18.6. The van der Waals surface area contributed by atoms with E-state index < -0.39 is 0 Å². The minimum atomic E-state index is -0.152. The molecule has 5 nitrogen and oxygen atoms in total. The lowest BCUT2D eigenvalue weighted by molar-refractivity contribution is 0.0791. The Hall–Kier alpha value is -1.88. The third-order valence-electron chi connectivity index (χ3n) is 5.65. The van der Waals surface area contributed by atoms with E-state index >= 15 is 0 Å². The quantitative estimate of drug-likeness (QED) is 0.822. The summed E-state index contributed by atoms with van der Waals surface area (Å²) in [6.07, 6.45) is 9.03. The smallest absolute Gasteiger partial charge is 0.257 e. The van der Waals surface area contributed by atoms with Gasteiger partial charge in [-0.25, -0.2) is 4.98 Å². The zero-order valence-corrected chi connectivity index (χ0v) is 16.1. The number of hydrogen-bond acceptors (Lipinski definition) is 4. The molecule has 5 heteroatoms. The van der Waals surface area contributed by atoms with E-state index in [-0.39, 0.29) is 17.9 Å². The largest absolute Gasteiger partial charge is 0.396 e. The first-order valence-electron chi connectivity index (χ1n) is 9.78. The summed E-state index contributed by atoms with van der Waals surface area (Å²) >= 11 is 0. The van der Waals surface area contributed by atoms with Crippen LogP contribution in [0.5, 0.6) is 0 Å². The van der Waals surface area contributed by atoms with Crippen LogP contribution in [-0.4, -0.2) is 53.7 Å². The van der Waals surface area contributed by atoms with Crippen LogP contribution in [0.25, 0.3) is 0 Å². The molecule has 2 saturated heterocycles. The van der Waals surface area contributed by atoms with Crippen molar-refractivity contribution in [3.63, 3.8) is 0 Å². The number of pyridine rings is 1. The number of aromatic nitrogens is 1. The van der Waals surface area contributed by atoms with Crippen LogP contribution in [0.4, 0.5) is 5.82 Å². The number of rotatable bonds is 5. The maximum absolute atomic E-state index is 13.0. The van der Waals surface area contributed by atoms with E-state index in [0.29, 0.717) is 5.56 Å². The first-order valence-corrected chi connectivity index (χ1v) is 9.78. The van der Waals surface area contributed by atoms with Gasteiger partial charge in [-0.3, -0.25) is 4.79 Å². The molecule has 0 radical (unpaired) electrons. The number of piperidine rings is 1. The van der Waals surface area contributed by atoms with Gasteiger partial charge >= 0.3 is 0 Å². The number of carbonyl (C=O) groups excluding carboxylic acids is 1. The van der Waals surface area contributed by atoms with Crippen LogP contribution < -0.4 is 4.90 Å². The summed E-state index contributed by atoms with van der Waals surface area (Å²) in [7, 11) is 0. The van der Waals surface area contributed by atoms with Crippen molar-refractivity contribution in [2.24, 2.45) is 5.41 Å². The number of carbonyl (C=O) groups is 1. The SMILES string of the molecule is CC(C)=CC[C@@]1(CO)CCCN(c2ncccc2C(=O)N2CCCC2)C1. The van der Waals surface area contributed by atoms with Crippen molar-refractivity contribution >= 4 is 11.7 Å². The molecule has 2 aliphatic heterocycles. The lowest BCUT2D eigenvalue weighted by atomic mass is 9.77. The van der Waals surface area contributed by atoms with Gasteiger partial charge in [-0.1, -0.05) is 11.6 Å². The molecule has 0 saturated carbocycles. The molecule has 3 rings (SSSR count). The molecular formula is C21H31N3O2. The zero-order valence-electron chi connectivity index (χ0n) is 16.1. The molecule has 0 aromatic carbocycles. The molecule has 0 bridgehead atoms. The van der Waals surface area contributed by atoms with Crippen LogP contribution in [-0.2, 0) is 0 Å². The lowest BCUT2D eigenvalue weighted by Crippen LogP contribution is -2.46. The summed E-state index contributed by atoms with van der Waals surface area (Å²) in [4.78, 5) is 21.7. The van der Waals surface area contributed by atoms with Gasteiger partial charge in [-0.2, -0.15) is 0 Å². The van der Waals surface area contributed by atoms with E-state index in [1.165, 1.54) is 5.57 Å². The lowest BCUT2D eigenvalue weighted by Gasteiger charge is -2.42. The molecule has 0 aliphatic carbocycles. The van der Waals surface area contributed by atoms with E-state index in [9.17, 15) is 9.90 Å². The van der Waals surface area contributed by atoms with E-state index in [1.54, 1.807) is 6.20 Å². The molecule has 1 aromatic rings. The summed E-state index contributed by atoms with van der Waals surface area (Å²) in [5.41, 5.74) is 1.82. The molecule has 0 unspecified atom stereocenters. The predicted molar refractivity (Wildman–Crippen MR) is 104 cm³/mol. The molecule has 1 amide bonds. The average Bonchev–Trinajstić information content (AvgIpc) is 3.21. The number of amides is 1. The normalized spacial score (nSPS) is 23.2. The molecule has 26 heavy (non-hydrogen) atoms. The number of likely N-dealkylation sites (tertiary alicyclic amines) is 1. The monoisotopic (exact) mass is 357 g/mol. The Morgan fingerprint density at radius 3 is 2.73 bits per heavy atom. The first-order chi connectivity index (χ1) is 12.5. The van der Waals surface area contributed by atoms with Crippen molar-refractivity contribution in [1.29, 1.82) is 0 Å². The number of aliphatic hydroxyl groups excluding tert-OH is 1. The topological polar surface area (TPSA) is 56.7 Å². The van der Waals surface area contributed by atoms with Gasteiger partial charge in [0.15, 0.2) is 0 Å². The fourth-order valence-corrected chi connectivity index (χ4v) is 4.08. The average molecular weight is 357 g/mol. The molecule has 0 spiro atoms. The van der Waals surface area contributed by atoms with E-state index in [4.69, 9.17) is 0 Å². The van der Waals surface area contributed by atoms with E-state index in [0.717, 1.165) is 64.1 Å². The van der Waals surface area contributed by atoms with Crippen LogP contribution in [0, 0.1) is 5.41 Å². The van der Waals surface area contributed by atoms with Gasteiger partial charge in [-0.05, 0) is 58.1 Å². The van der Waals surface area contributed by atoms with Crippen molar-refractivity contribution in [1.82, 2.24) is 9.88 Å². The Labute approximate surface area is 156 Å². The number of aliphatic hydroxyl groups is 1. The van der Waals surface area contributed by atoms with Gasteiger partial charge in [-0.15, -0.1) is 0 Å². The van der Waals surface area contributed by atoms with Gasteiger partial charge in [0, 0.05) is 37.8 Å². The molecule has 3 heterocycles. The predicted octanol–water partition coefficient (Wildman–Crippen LogP) is 3.25. The highest BCUT2D eigenvalue weighted by atomic mass is 16.3. The van der Waals surface area contributed by atoms with Crippen LogP contribution in [0.2, 0.25) is 0 Å². The minimum Gasteiger partial charge on any atom is -0.396 e. The Morgan fingerprint density at radius 1 is 1.27 bits per heavy atom. The second-order valence-corrected chi connectivity index (χ2v) is 8.04. The molecule has 1 N–H and O–H groups in total. The highest BCUT2D eigenvalue weighted by Gasteiger charge is 2.36. The Kier molecular flexibility index (Phi) is 5.97. The van der Waals surface area contributed by atoms with Crippen molar-refractivity contribution in [3.05, 3.63) is 35.5 Å². The molecule has 2 fully saturated rings. The number of allylic oxidation sites excluding steroid dienone is 2. The molecule has 142 valence electrons. The van der Waals surface area contributed by atoms with Crippen LogP contribution in [0.15, 0.2) is 30.0 Å². The second-order valence-electron chi connectivity index (χ2n) is 8.04. The van der Waals surface area contributed by atoms with Gasteiger partial charge in [0.2, 0.25) is 0 Å². The fraction of sp³-hybridized carbons (Fsp3) is 0.619. The Bertz CT molecular complexity index is 663. The first kappa shape index (κ1) is 18.9. The van der Waals surface area contributed by atoms with Gasteiger partial charge in [0.1, 0.15) is 5.82 Å². The van der Waals surface area contributed by atoms with Crippen LogP contribution in [0.1, 0.15) is 56.3 Å². The summed E-state index contributed by atoms with van der Waals surface area (Å²) in [5.74, 6) is 0.870. The third kappa shape index (κ3) is 4.09. The van der Waals surface area contributed by atoms with Crippen molar-refractivity contribution in [2.45, 2.75) is 46.0 Å². The van der Waals surface area contributed by atoms with E-state index in [1.807, 2.05) is 17.0 Å². The van der Waals surface area contributed by atoms with Gasteiger partial charge in [0.05, 0.1) is 12.2 Å². The molecule has 1 aromatic heterocycles. The van der Waals surface area contributed by atoms with Crippen molar-refractivity contribution in [3.8, 4) is 0 Å². The Morgan fingerprint density at radius 2 is 2.04 bits per heavy atom. The molecule has 2 aliphatic rings. The highest BCUT2D eigenvalue weighted by Crippen LogP contribution is 2.36. The summed E-state index contributed by atoms with van der Waals surface area (Å²) in [5, 5.41) is 10.1. The summed E-state index contributed by atoms with van der Waals surface area (Å²) in [6.45, 7) is 7.66. The Balaban J connectivity index is 1.84. The number of nitrogens with zero attached hydrogens (tertiary/aromatic N) is 3. The van der Waals surface area contributed by atoms with Crippen LogP contribution in [0.3, 0.4) is 0 Å². The summed E-state index contributed by atoms with van der Waals surface area (Å²) in [6, 6.07) is 3.74. The number of hydrogen-bond donors (Lipinski definition) is 1. The van der Waals surface area contributed by atoms with Crippen molar-refractivity contribution in [2.75, 3.05) is 37.7 Å². The highest BCUT2D eigenvalue weighted by molar-refractivity contribution is 5.99. The molecular weight excluding hydrogens is 326 g/mol. The fourth-order valence-electron chi connectivity index (χ4n) is 4.08. The molecule has 1 atom stereocenters. The third-order valence-corrected chi connectivity index (χ3v) is 5.65. The number of anilines is 1.